The highest BCUT2D eigenvalue weighted by Crippen LogP contribution is 2.28. The van der Waals surface area contributed by atoms with Gasteiger partial charge < -0.3 is 30.0 Å². The molecule has 1 aliphatic heterocycles. The van der Waals surface area contributed by atoms with Crippen molar-refractivity contribution in [3.63, 3.8) is 0 Å². The van der Waals surface area contributed by atoms with Gasteiger partial charge in [-0.25, -0.2) is 4.79 Å². The number of anilines is 1. The molecule has 0 saturated carbocycles. The van der Waals surface area contributed by atoms with Gasteiger partial charge in [-0.1, -0.05) is 32.8 Å². The SMILES string of the molecule is CCCC[C@H]1C(=O)O[C@H](C)[C@H](NC(=O)c2cccc(NC=O)c2O)C(=O)O[C@@H](C)[C@@H]1OC(=O)CCC. The van der Waals surface area contributed by atoms with E-state index in [9.17, 15) is 29.1 Å². The minimum absolute atomic E-state index is 0.00158. The van der Waals surface area contributed by atoms with E-state index in [1.54, 1.807) is 0 Å². The minimum atomic E-state index is -1.41. The highest BCUT2D eigenvalue weighted by atomic mass is 16.6. The number of carbonyl (C=O) groups excluding carboxylic acids is 5. The third-order valence-electron chi connectivity index (χ3n) is 5.86. The molecule has 0 bridgehead atoms. The van der Waals surface area contributed by atoms with Crippen LogP contribution in [0.5, 0.6) is 5.75 Å². The zero-order valence-electron chi connectivity index (χ0n) is 20.9. The normalized spacial score (nSPS) is 24.3. The zero-order chi connectivity index (χ0) is 26.8. The van der Waals surface area contributed by atoms with Gasteiger partial charge in [-0.05, 0) is 38.8 Å². The van der Waals surface area contributed by atoms with Gasteiger partial charge in [0.15, 0.2) is 17.9 Å². The fraction of sp³-hybridized carbons (Fsp3) is 0.560. The highest BCUT2D eigenvalue weighted by molar-refractivity contribution is 6.01. The van der Waals surface area contributed by atoms with Crippen LogP contribution in [0.15, 0.2) is 18.2 Å². The second-order valence-corrected chi connectivity index (χ2v) is 8.65. The van der Waals surface area contributed by atoms with Crippen LogP contribution < -0.4 is 10.6 Å². The van der Waals surface area contributed by atoms with Gasteiger partial charge in [0.05, 0.1) is 17.2 Å². The maximum absolute atomic E-state index is 13.1. The molecule has 198 valence electrons. The summed E-state index contributed by atoms with van der Waals surface area (Å²) in [6, 6.07) is 2.70. The topological polar surface area (TPSA) is 157 Å². The van der Waals surface area contributed by atoms with Gasteiger partial charge in [0.2, 0.25) is 6.41 Å². The van der Waals surface area contributed by atoms with E-state index in [1.165, 1.54) is 32.0 Å². The minimum Gasteiger partial charge on any atom is -0.505 e. The monoisotopic (exact) mass is 506 g/mol. The lowest BCUT2D eigenvalue weighted by molar-refractivity contribution is -0.175. The number of esters is 3. The molecule has 2 amide bonds. The highest BCUT2D eigenvalue weighted by Gasteiger charge is 2.43. The fourth-order valence-electron chi connectivity index (χ4n) is 3.92. The molecule has 2 rings (SSSR count). The van der Waals surface area contributed by atoms with Crippen LogP contribution in [-0.4, -0.2) is 59.7 Å². The lowest BCUT2D eigenvalue weighted by Crippen LogP contribution is -2.50. The van der Waals surface area contributed by atoms with Crippen LogP contribution in [0.2, 0.25) is 0 Å². The third-order valence-corrected chi connectivity index (χ3v) is 5.86. The Balaban J connectivity index is 2.34. The molecule has 1 aromatic carbocycles. The molecular formula is C25H34N2O9. The van der Waals surface area contributed by atoms with Crippen LogP contribution in [0.1, 0.15) is 70.2 Å². The largest absolute Gasteiger partial charge is 0.505 e. The van der Waals surface area contributed by atoms with E-state index in [0.29, 0.717) is 25.7 Å². The summed E-state index contributed by atoms with van der Waals surface area (Å²) in [5.41, 5.74) is -0.216. The first-order valence-electron chi connectivity index (χ1n) is 12.1. The molecule has 1 saturated heterocycles. The Labute approximate surface area is 209 Å². The van der Waals surface area contributed by atoms with Crippen molar-refractivity contribution in [3.05, 3.63) is 23.8 Å². The van der Waals surface area contributed by atoms with Crippen LogP contribution in [-0.2, 0) is 33.4 Å². The first-order valence-corrected chi connectivity index (χ1v) is 12.1. The zero-order valence-corrected chi connectivity index (χ0v) is 20.9. The van der Waals surface area contributed by atoms with Crippen molar-refractivity contribution in [1.82, 2.24) is 5.32 Å². The van der Waals surface area contributed by atoms with Gasteiger partial charge in [-0.3, -0.25) is 19.2 Å². The maximum Gasteiger partial charge on any atom is 0.332 e. The number of nitrogens with one attached hydrogen (secondary N) is 2. The molecule has 0 aromatic heterocycles. The van der Waals surface area contributed by atoms with Crippen molar-refractivity contribution in [2.75, 3.05) is 5.32 Å². The molecule has 0 unspecified atom stereocenters. The smallest absolute Gasteiger partial charge is 0.332 e. The van der Waals surface area contributed by atoms with E-state index in [1.807, 2.05) is 13.8 Å². The summed E-state index contributed by atoms with van der Waals surface area (Å²) in [4.78, 5) is 62.1. The van der Waals surface area contributed by atoms with E-state index >= 15 is 0 Å². The number of hydrogen-bond donors (Lipinski definition) is 3. The molecule has 1 heterocycles. The molecule has 5 atom stereocenters. The summed E-state index contributed by atoms with van der Waals surface area (Å²) < 4.78 is 16.7. The molecule has 1 aromatic rings. The average molecular weight is 507 g/mol. The molecule has 36 heavy (non-hydrogen) atoms. The number of benzene rings is 1. The van der Waals surface area contributed by atoms with Crippen molar-refractivity contribution >= 4 is 35.9 Å². The van der Waals surface area contributed by atoms with E-state index in [0.717, 1.165) is 6.42 Å². The van der Waals surface area contributed by atoms with Gasteiger partial charge in [0.25, 0.3) is 5.91 Å². The Morgan fingerprint density at radius 1 is 1.08 bits per heavy atom. The number of ether oxygens (including phenoxy) is 3. The number of amides is 2. The van der Waals surface area contributed by atoms with Crippen molar-refractivity contribution in [2.45, 2.75) is 84.2 Å². The number of phenolic OH excluding ortho intramolecular Hbond substituents is 1. The van der Waals surface area contributed by atoms with Crippen molar-refractivity contribution in [3.8, 4) is 5.75 Å². The van der Waals surface area contributed by atoms with E-state index in [4.69, 9.17) is 14.2 Å². The van der Waals surface area contributed by atoms with E-state index in [-0.39, 0.29) is 17.7 Å². The van der Waals surface area contributed by atoms with Gasteiger partial charge in [0.1, 0.15) is 12.2 Å². The van der Waals surface area contributed by atoms with Crippen molar-refractivity contribution < 1.29 is 43.3 Å². The van der Waals surface area contributed by atoms with Gasteiger partial charge >= 0.3 is 17.9 Å². The number of aromatic hydroxyl groups is 1. The number of unbranched alkanes of at least 4 members (excludes halogenated alkanes) is 1. The number of hydrogen-bond acceptors (Lipinski definition) is 9. The Hall–Kier alpha value is -3.63. The van der Waals surface area contributed by atoms with Crippen molar-refractivity contribution in [1.29, 1.82) is 0 Å². The molecule has 3 N–H and O–H groups in total. The van der Waals surface area contributed by atoms with E-state index in [2.05, 4.69) is 10.6 Å². The Morgan fingerprint density at radius 2 is 1.78 bits per heavy atom. The predicted octanol–water partition coefficient (Wildman–Crippen LogP) is 2.45. The fourth-order valence-corrected chi connectivity index (χ4v) is 3.92. The average Bonchev–Trinajstić information content (AvgIpc) is 2.85. The number of carbonyl (C=O) groups is 5. The molecule has 0 spiro atoms. The molecule has 11 nitrogen and oxygen atoms in total. The molecule has 1 fully saturated rings. The van der Waals surface area contributed by atoms with Gasteiger partial charge in [0, 0.05) is 6.42 Å². The van der Waals surface area contributed by atoms with Gasteiger partial charge in [-0.15, -0.1) is 0 Å². The summed E-state index contributed by atoms with van der Waals surface area (Å²) in [6.45, 7) is 6.71. The number of rotatable bonds is 10. The first kappa shape index (κ1) is 28.6. The van der Waals surface area contributed by atoms with E-state index < -0.39 is 59.8 Å². The van der Waals surface area contributed by atoms with Crippen LogP contribution in [0.4, 0.5) is 5.69 Å². The summed E-state index contributed by atoms with van der Waals surface area (Å²) in [5.74, 6) is -4.30. The lowest BCUT2D eigenvalue weighted by Gasteiger charge is -2.29. The predicted molar refractivity (Wildman–Crippen MR) is 128 cm³/mol. The second kappa shape index (κ2) is 13.5. The maximum atomic E-state index is 13.1. The third kappa shape index (κ3) is 7.19. The van der Waals surface area contributed by atoms with Gasteiger partial charge in [-0.2, -0.15) is 0 Å². The quantitative estimate of drug-likeness (QED) is 0.188. The Bertz CT molecular complexity index is 965. The van der Waals surface area contributed by atoms with Crippen LogP contribution >= 0.6 is 0 Å². The van der Waals surface area contributed by atoms with Crippen LogP contribution in [0, 0.1) is 5.92 Å². The molecule has 1 aliphatic rings. The Morgan fingerprint density at radius 3 is 2.42 bits per heavy atom. The summed E-state index contributed by atoms with van der Waals surface area (Å²) >= 11 is 0. The summed E-state index contributed by atoms with van der Waals surface area (Å²) in [6.07, 6.45) is -0.355. The van der Waals surface area contributed by atoms with Crippen LogP contribution in [0.3, 0.4) is 0 Å². The molecule has 0 aliphatic carbocycles. The number of para-hydroxylation sites is 1. The molecule has 11 heteroatoms. The van der Waals surface area contributed by atoms with Crippen molar-refractivity contribution in [2.24, 2.45) is 5.92 Å². The lowest BCUT2D eigenvalue weighted by atomic mass is 9.92. The second-order valence-electron chi connectivity index (χ2n) is 8.65. The Kier molecular flexibility index (Phi) is 10.7. The standard InChI is InChI=1S/C25H34N2O9/c1-5-7-10-17-22(36-19(29)9-6-2)15(4)35-25(33)20(14(3)34-24(17)32)27-23(31)16-11-8-12-18(21(16)30)26-13-28/h8,11-15,17,20,22,30H,5-7,9-10H2,1-4H3,(H,26,28)(H,27,31)/t14-,15+,17-,20+,22+/m1/s1. The first-order chi connectivity index (χ1) is 17.1. The number of cyclic esters (lactones) is 2. The summed E-state index contributed by atoms with van der Waals surface area (Å²) in [7, 11) is 0. The summed E-state index contributed by atoms with van der Waals surface area (Å²) in [5, 5.41) is 15.0. The molecular weight excluding hydrogens is 472 g/mol. The number of phenols is 1. The van der Waals surface area contributed by atoms with Crippen LogP contribution in [0.25, 0.3) is 0 Å². The molecule has 0 radical (unpaired) electrons.